The van der Waals surface area contributed by atoms with Crippen LogP contribution < -0.4 is 5.32 Å². The van der Waals surface area contributed by atoms with Crippen LogP contribution in [0.4, 0.5) is 4.79 Å². The van der Waals surface area contributed by atoms with Crippen LogP contribution in [0.2, 0.25) is 0 Å². The Labute approximate surface area is 169 Å². The van der Waals surface area contributed by atoms with E-state index in [1.54, 1.807) is 0 Å². The third-order valence-electron chi connectivity index (χ3n) is 8.13. The molecule has 1 spiro atoms. The molecule has 154 valence electrons. The Morgan fingerprint density at radius 3 is 2.18 bits per heavy atom. The molecule has 1 heterocycles. The molecule has 1 aliphatic heterocycles. The van der Waals surface area contributed by atoms with Crippen LogP contribution in [0.3, 0.4) is 0 Å². The molecule has 4 rings (SSSR count). The van der Waals surface area contributed by atoms with Crippen LogP contribution in [0.15, 0.2) is 0 Å². The molecule has 0 radical (unpaired) electrons. The number of ketones is 1. The van der Waals surface area contributed by atoms with Crippen LogP contribution in [-0.2, 0) is 4.79 Å². The number of Topliss-reactive ketones (excluding diaryl/α,β-unsaturated/α-hetero) is 1. The van der Waals surface area contributed by atoms with E-state index in [2.05, 4.69) is 11.4 Å². The summed E-state index contributed by atoms with van der Waals surface area (Å²) in [5.74, 6) is 0.328. The highest BCUT2D eigenvalue weighted by atomic mass is 16.2. The molecule has 5 nitrogen and oxygen atoms in total. The minimum absolute atomic E-state index is 0.0569. The second-order valence-electron chi connectivity index (χ2n) is 10.1. The van der Waals surface area contributed by atoms with E-state index in [9.17, 15) is 14.9 Å². The molecule has 4 fully saturated rings. The Morgan fingerprint density at radius 1 is 0.964 bits per heavy atom. The minimum atomic E-state index is -0.436. The van der Waals surface area contributed by atoms with Gasteiger partial charge in [-0.05, 0) is 62.7 Å². The number of nitriles is 1. The smallest absolute Gasteiger partial charge is 0.317 e. The van der Waals surface area contributed by atoms with Crippen molar-refractivity contribution in [1.82, 2.24) is 10.2 Å². The molecule has 1 saturated heterocycles. The van der Waals surface area contributed by atoms with Crippen molar-refractivity contribution < 1.29 is 9.59 Å². The number of hydrogen-bond donors (Lipinski definition) is 1. The van der Waals surface area contributed by atoms with E-state index in [4.69, 9.17) is 0 Å². The maximum atomic E-state index is 13.1. The van der Waals surface area contributed by atoms with Crippen LogP contribution in [-0.4, -0.2) is 35.8 Å². The maximum absolute atomic E-state index is 13.1. The van der Waals surface area contributed by atoms with Gasteiger partial charge in [0.15, 0.2) is 5.78 Å². The molecular weight excluding hydrogens is 350 g/mol. The summed E-state index contributed by atoms with van der Waals surface area (Å²) in [5.41, 5.74) is 0.0508. The fraction of sp³-hybridized carbons (Fsp3) is 0.870. The molecular formula is C23H35N3O2. The standard InChI is InChI=1S/C23H35N3O2/c24-17-23(10-11-23)16-19(27)20(18-6-2-1-3-7-18)25-21(28)26-14-12-22(13-15-26)8-4-5-9-22/h18,20H,1-16H2,(H,25,28)/t20-/m0/s1. The topological polar surface area (TPSA) is 73.2 Å². The number of amides is 2. The molecule has 0 aromatic rings. The third kappa shape index (κ3) is 4.21. The van der Waals surface area contributed by atoms with Crippen molar-refractivity contribution in [2.45, 2.75) is 95.9 Å². The summed E-state index contributed by atoms with van der Waals surface area (Å²) in [6.45, 7) is 1.64. The van der Waals surface area contributed by atoms with Crippen LogP contribution >= 0.6 is 0 Å². The predicted molar refractivity (Wildman–Crippen MR) is 108 cm³/mol. The normalized spacial score (nSPS) is 27.2. The van der Waals surface area contributed by atoms with E-state index in [1.807, 2.05) is 4.90 Å². The number of piperidine rings is 1. The van der Waals surface area contributed by atoms with Crippen molar-refractivity contribution in [3.63, 3.8) is 0 Å². The van der Waals surface area contributed by atoms with Gasteiger partial charge in [-0.15, -0.1) is 0 Å². The summed E-state index contributed by atoms with van der Waals surface area (Å²) in [4.78, 5) is 28.0. The number of likely N-dealkylation sites (tertiary alicyclic amines) is 1. The summed E-state index contributed by atoms with van der Waals surface area (Å²) in [6, 6.07) is 1.88. The van der Waals surface area contributed by atoms with Crippen LogP contribution in [0.1, 0.15) is 89.9 Å². The first-order valence-corrected chi connectivity index (χ1v) is 11.5. The fourth-order valence-electron chi connectivity index (χ4n) is 5.88. The Bertz CT molecular complexity index is 627. The van der Waals surface area contributed by atoms with Gasteiger partial charge in [0.05, 0.1) is 17.5 Å². The monoisotopic (exact) mass is 385 g/mol. The Balaban J connectivity index is 1.38. The second-order valence-corrected chi connectivity index (χ2v) is 10.1. The molecule has 0 bridgehead atoms. The molecule has 3 saturated carbocycles. The van der Waals surface area contributed by atoms with Gasteiger partial charge in [0.25, 0.3) is 0 Å². The van der Waals surface area contributed by atoms with Crippen molar-refractivity contribution in [2.75, 3.05) is 13.1 Å². The van der Waals surface area contributed by atoms with Crippen LogP contribution in [0.5, 0.6) is 0 Å². The van der Waals surface area contributed by atoms with Crippen molar-refractivity contribution in [2.24, 2.45) is 16.7 Å². The number of nitrogens with zero attached hydrogens (tertiary/aromatic N) is 2. The molecule has 4 aliphatic rings. The summed E-state index contributed by atoms with van der Waals surface area (Å²) in [6.07, 6.45) is 15.0. The molecule has 0 aromatic heterocycles. The molecule has 28 heavy (non-hydrogen) atoms. The first kappa shape index (κ1) is 19.7. The molecule has 0 unspecified atom stereocenters. The fourth-order valence-corrected chi connectivity index (χ4v) is 5.88. The molecule has 5 heteroatoms. The van der Waals surface area contributed by atoms with Gasteiger partial charge in [-0.3, -0.25) is 4.79 Å². The van der Waals surface area contributed by atoms with Gasteiger partial charge in [-0.1, -0.05) is 32.1 Å². The zero-order valence-corrected chi connectivity index (χ0v) is 17.2. The summed E-state index contributed by atoms with van der Waals surface area (Å²) < 4.78 is 0. The first-order chi connectivity index (χ1) is 13.5. The minimum Gasteiger partial charge on any atom is -0.328 e. The third-order valence-corrected chi connectivity index (χ3v) is 8.13. The summed E-state index contributed by atoms with van der Waals surface area (Å²) in [5, 5.41) is 12.5. The predicted octanol–water partition coefficient (Wildman–Crippen LogP) is 4.56. The summed E-state index contributed by atoms with van der Waals surface area (Å²) in [7, 11) is 0. The van der Waals surface area contributed by atoms with Crippen molar-refractivity contribution in [1.29, 1.82) is 5.26 Å². The van der Waals surface area contributed by atoms with E-state index in [0.717, 1.165) is 64.5 Å². The average Bonchev–Trinajstić information content (AvgIpc) is 3.36. The SMILES string of the molecule is N#CC1(CC(=O)[C@@H](NC(=O)N2CCC3(CCCC3)CC2)C2CCCCC2)CC1. The largest absolute Gasteiger partial charge is 0.328 e. The van der Waals surface area contributed by atoms with Gasteiger partial charge in [-0.2, -0.15) is 5.26 Å². The Morgan fingerprint density at radius 2 is 1.61 bits per heavy atom. The number of nitrogens with one attached hydrogen (secondary N) is 1. The lowest BCUT2D eigenvalue weighted by Gasteiger charge is -2.40. The maximum Gasteiger partial charge on any atom is 0.317 e. The molecule has 3 aliphatic carbocycles. The lowest BCUT2D eigenvalue weighted by atomic mass is 9.77. The Hall–Kier alpha value is -1.57. The van der Waals surface area contributed by atoms with Crippen LogP contribution in [0.25, 0.3) is 0 Å². The zero-order valence-electron chi connectivity index (χ0n) is 17.2. The van der Waals surface area contributed by atoms with Crippen molar-refractivity contribution in [3.8, 4) is 6.07 Å². The number of urea groups is 1. The Kier molecular flexibility index (Phi) is 5.67. The van der Waals surface area contributed by atoms with E-state index in [-0.39, 0.29) is 17.7 Å². The molecule has 1 atom stereocenters. The lowest BCUT2D eigenvalue weighted by Crippen LogP contribution is -2.54. The van der Waals surface area contributed by atoms with Gasteiger partial charge in [-0.25, -0.2) is 4.79 Å². The first-order valence-electron chi connectivity index (χ1n) is 11.5. The highest BCUT2D eigenvalue weighted by Crippen LogP contribution is 2.49. The molecule has 0 aromatic carbocycles. The van der Waals surface area contributed by atoms with E-state index >= 15 is 0 Å². The van der Waals surface area contributed by atoms with Gasteiger partial charge in [0.1, 0.15) is 0 Å². The van der Waals surface area contributed by atoms with Crippen LogP contribution in [0, 0.1) is 28.1 Å². The number of carbonyl (C=O) groups is 2. The number of carbonyl (C=O) groups excluding carboxylic acids is 2. The van der Waals surface area contributed by atoms with E-state index in [0.29, 0.717) is 11.8 Å². The van der Waals surface area contributed by atoms with Gasteiger partial charge >= 0.3 is 6.03 Å². The van der Waals surface area contributed by atoms with E-state index in [1.165, 1.54) is 32.1 Å². The van der Waals surface area contributed by atoms with Gasteiger partial charge < -0.3 is 10.2 Å². The summed E-state index contributed by atoms with van der Waals surface area (Å²) >= 11 is 0. The number of rotatable bonds is 5. The van der Waals surface area contributed by atoms with E-state index < -0.39 is 11.5 Å². The molecule has 2 amide bonds. The number of hydrogen-bond acceptors (Lipinski definition) is 3. The second kappa shape index (κ2) is 8.05. The quantitative estimate of drug-likeness (QED) is 0.754. The van der Waals surface area contributed by atoms with Crippen molar-refractivity contribution >= 4 is 11.8 Å². The lowest BCUT2D eigenvalue weighted by molar-refractivity contribution is -0.123. The zero-order chi connectivity index (χ0) is 19.6. The highest BCUT2D eigenvalue weighted by Gasteiger charge is 2.47. The van der Waals surface area contributed by atoms with Crippen molar-refractivity contribution in [3.05, 3.63) is 0 Å². The highest BCUT2D eigenvalue weighted by molar-refractivity contribution is 5.89. The molecule has 1 N–H and O–H groups in total. The average molecular weight is 386 g/mol. The van der Waals surface area contributed by atoms with Gasteiger partial charge in [0.2, 0.25) is 0 Å². The van der Waals surface area contributed by atoms with Gasteiger partial charge in [0, 0.05) is 19.5 Å².